The van der Waals surface area contributed by atoms with Crippen LogP contribution in [0.5, 0.6) is 0 Å². The largest absolute Gasteiger partial charge is 0.354 e. The summed E-state index contributed by atoms with van der Waals surface area (Å²) in [7, 11) is -3.85. The van der Waals surface area contributed by atoms with E-state index in [1.165, 1.54) is 11.0 Å². The lowest BCUT2D eigenvalue weighted by Crippen LogP contribution is -2.53. The monoisotopic (exact) mass is 575 g/mol. The standard InChI is InChI=1S/C28H31Cl2N3O4S/c1-3-16-31-28(35)26(17-21-8-5-4-6-9-21)32(19-22-12-14-23(29)15-13-22)27(34)20-33(38(2,36)37)25-11-7-10-24(30)18-25/h4-15,18,26H,3,16-17,19-20H2,1-2H3,(H,31,35)/t26-/m1/s1. The van der Waals surface area contributed by atoms with Crippen LogP contribution in [0.2, 0.25) is 10.0 Å². The Bertz CT molecular complexity index is 1340. The van der Waals surface area contributed by atoms with Crippen molar-refractivity contribution in [1.29, 1.82) is 0 Å². The van der Waals surface area contributed by atoms with Crippen molar-refractivity contribution in [2.75, 3.05) is 23.7 Å². The van der Waals surface area contributed by atoms with Crippen LogP contribution in [0.1, 0.15) is 24.5 Å². The molecule has 10 heteroatoms. The van der Waals surface area contributed by atoms with E-state index in [0.29, 0.717) is 16.6 Å². The van der Waals surface area contributed by atoms with Crippen molar-refractivity contribution in [1.82, 2.24) is 10.2 Å². The Kier molecular flexibility index (Phi) is 10.6. The van der Waals surface area contributed by atoms with Crippen LogP contribution in [0.4, 0.5) is 5.69 Å². The van der Waals surface area contributed by atoms with E-state index in [1.54, 1.807) is 42.5 Å². The molecule has 3 aromatic carbocycles. The van der Waals surface area contributed by atoms with Gasteiger partial charge in [0.1, 0.15) is 12.6 Å². The molecule has 0 aliphatic rings. The SMILES string of the molecule is CCCNC(=O)[C@@H](Cc1ccccc1)N(Cc1ccc(Cl)cc1)C(=O)CN(c1cccc(Cl)c1)S(C)(=O)=O. The van der Waals surface area contributed by atoms with Crippen molar-refractivity contribution in [2.45, 2.75) is 32.4 Å². The van der Waals surface area contributed by atoms with Crippen molar-refractivity contribution in [2.24, 2.45) is 0 Å². The third kappa shape index (κ3) is 8.48. The predicted octanol–water partition coefficient (Wildman–Crippen LogP) is 4.93. The summed E-state index contributed by atoms with van der Waals surface area (Å²) in [6.07, 6.45) is 2.01. The Morgan fingerprint density at radius 2 is 1.58 bits per heavy atom. The number of carbonyl (C=O) groups is 2. The van der Waals surface area contributed by atoms with Gasteiger partial charge in [0.2, 0.25) is 21.8 Å². The molecule has 2 amide bonds. The van der Waals surface area contributed by atoms with Gasteiger partial charge in [0, 0.05) is 29.6 Å². The highest BCUT2D eigenvalue weighted by atomic mass is 35.5. The van der Waals surface area contributed by atoms with Crippen molar-refractivity contribution < 1.29 is 18.0 Å². The number of halogens is 2. The summed E-state index contributed by atoms with van der Waals surface area (Å²) in [6, 6.07) is 21.8. The number of rotatable bonds is 12. The molecule has 0 bridgehead atoms. The van der Waals surface area contributed by atoms with E-state index in [2.05, 4.69) is 5.32 Å². The van der Waals surface area contributed by atoms with Crippen molar-refractivity contribution >= 4 is 50.7 Å². The van der Waals surface area contributed by atoms with Crippen LogP contribution in [0.3, 0.4) is 0 Å². The fourth-order valence-electron chi connectivity index (χ4n) is 3.95. The van der Waals surface area contributed by atoms with Crippen LogP contribution in [0, 0.1) is 0 Å². The zero-order valence-electron chi connectivity index (χ0n) is 21.3. The van der Waals surface area contributed by atoms with Crippen LogP contribution in [-0.2, 0) is 32.6 Å². The summed E-state index contributed by atoms with van der Waals surface area (Å²) in [5, 5.41) is 3.78. The fourth-order valence-corrected chi connectivity index (χ4v) is 5.10. The molecule has 0 unspecified atom stereocenters. The Morgan fingerprint density at radius 1 is 0.895 bits per heavy atom. The second-order valence-corrected chi connectivity index (χ2v) is 11.7. The Hall–Kier alpha value is -3.07. The first-order valence-electron chi connectivity index (χ1n) is 12.2. The number of anilines is 1. The van der Waals surface area contributed by atoms with Crippen molar-refractivity contribution in [3.8, 4) is 0 Å². The molecule has 1 atom stereocenters. The predicted molar refractivity (Wildman–Crippen MR) is 153 cm³/mol. The normalized spacial score (nSPS) is 12.0. The van der Waals surface area contributed by atoms with Gasteiger partial charge in [0.15, 0.2) is 0 Å². The Balaban J connectivity index is 2.03. The summed E-state index contributed by atoms with van der Waals surface area (Å²) in [5.74, 6) is -0.843. The molecule has 3 rings (SSSR count). The molecule has 0 spiro atoms. The molecule has 202 valence electrons. The average Bonchev–Trinajstić information content (AvgIpc) is 2.88. The third-order valence-electron chi connectivity index (χ3n) is 5.86. The zero-order valence-corrected chi connectivity index (χ0v) is 23.6. The summed E-state index contributed by atoms with van der Waals surface area (Å²) in [6.45, 7) is 1.97. The molecule has 1 N–H and O–H groups in total. The number of hydrogen-bond acceptors (Lipinski definition) is 4. The third-order valence-corrected chi connectivity index (χ3v) is 7.49. The smallest absolute Gasteiger partial charge is 0.244 e. The van der Waals surface area contributed by atoms with Crippen LogP contribution >= 0.6 is 23.2 Å². The molecule has 7 nitrogen and oxygen atoms in total. The highest BCUT2D eigenvalue weighted by molar-refractivity contribution is 7.92. The average molecular weight is 577 g/mol. The zero-order chi connectivity index (χ0) is 27.7. The highest BCUT2D eigenvalue weighted by Crippen LogP contribution is 2.23. The minimum atomic E-state index is -3.85. The van der Waals surface area contributed by atoms with E-state index in [1.807, 2.05) is 37.3 Å². The quantitative estimate of drug-likeness (QED) is 0.332. The van der Waals surface area contributed by atoms with Crippen molar-refractivity contribution in [3.63, 3.8) is 0 Å². The number of hydrogen-bond donors (Lipinski definition) is 1. The number of sulfonamides is 1. The van der Waals surface area contributed by atoms with Gasteiger partial charge in [-0.3, -0.25) is 13.9 Å². The van der Waals surface area contributed by atoms with Gasteiger partial charge in [0.25, 0.3) is 0 Å². The lowest BCUT2D eigenvalue weighted by molar-refractivity contribution is -0.140. The maximum Gasteiger partial charge on any atom is 0.244 e. The molecule has 0 fully saturated rings. The molecule has 0 heterocycles. The van der Waals surface area contributed by atoms with Crippen LogP contribution in [0.15, 0.2) is 78.9 Å². The molecule has 0 saturated carbocycles. The number of amides is 2. The molecule has 0 aromatic heterocycles. The van der Waals surface area contributed by atoms with Gasteiger partial charge < -0.3 is 10.2 Å². The molecule has 0 saturated heterocycles. The Labute approximate surface area is 234 Å². The molecule has 0 aliphatic heterocycles. The number of nitrogens with one attached hydrogen (secondary N) is 1. The lowest BCUT2D eigenvalue weighted by atomic mass is 10.0. The van der Waals surface area contributed by atoms with Gasteiger partial charge in [-0.25, -0.2) is 8.42 Å². The fraction of sp³-hybridized carbons (Fsp3) is 0.286. The topological polar surface area (TPSA) is 86.8 Å². The number of nitrogens with zero attached hydrogens (tertiary/aromatic N) is 2. The number of carbonyl (C=O) groups excluding carboxylic acids is 2. The molecular formula is C28H31Cl2N3O4S. The maximum atomic E-state index is 13.9. The van der Waals surface area contributed by atoms with E-state index in [0.717, 1.165) is 28.1 Å². The minimum Gasteiger partial charge on any atom is -0.354 e. The van der Waals surface area contributed by atoms with Gasteiger partial charge in [-0.05, 0) is 47.9 Å². The van der Waals surface area contributed by atoms with Gasteiger partial charge in [0.05, 0.1) is 11.9 Å². The summed E-state index contributed by atoms with van der Waals surface area (Å²) < 4.78 is 26.5. The minimum absolute atomic E-state index is 0.0835. The van der Waals surface area contributed by atoms with E-state index in [-0.39, 0.29) is 24.6 Å². The summed E-state index contributed by atoms with van der Waals surface area (Å²) in [4.78, 5) is 28.8. The summed E-state index contributed by atoms with van der Waals surface area (Å²) in [5.41, 5.74) is 1.88. The second kappa shape index (κ2) is 13.6. The number of benzene rings is 3. The van der Waals surface area contributed by atoms with E-state index in [4.69, 9.17) is 23.2 Å². The van der Waals surface area contributed by atoms with Gasteiger partial charge in [-0.1, -0.05) is 78.7 Å². The highest BCUT2D eigenvalue weighted by Gasteiger charge is 2.33. The summed E-state index contributed by atoms with van der Waals surface area (Å²) >= 11 is 12.2. The van der Waals surface area contributed by atoms with E-state index < -0.39 is 28.5 Å². The maximum absolute atomic E-state index is 13.9. The molecule has 0 aliphatic carbocycles. The molecule has 3 aromatic rings. The van der Waals surface area contributed by atoms with Crippen molar-refractivity contribution in [3.05, 3.63) is 100 Å². The van der Waals surface area contributed by atoms with Crippen LogP contribution < -0.4 is 9.62 Å². The molecular weight excluding hydrogens is 545 g/mol. The molecule has 38 heavy (non-hydrogen) atoms. The lowest BCUT2D eigenvalue weighted by Gasteiger charge is -2.33. The first kappa shape index (κ1) is 29.5. The van der Waals surface area contributed by atoms with E-state index >= 15 is 0 Å². The van der Waals surface area contributed by atoms with Gasteiger partial charge in [-0.2, -0.15) is 0 Å². The van der Waals surface area contributed by atoms with Crippen LogP contribution in [0.25, 0.3) is 0 Å². The molecule has 0 radical (unpaired) electrons. The Morgan fingerprint density at radius 3 is 2.18 bits per heavy atom. The first-order chi connectivity index (χ1) is 18.1. The first-order valence-corrected chi connectivity index (χ1v) is 14.8. The van der Waals surface area contributed by atoms with E-state index in [9.17, 15) is 18.0 Å². The van der Waals surface area contributed by atoms with Crippen LogP contribution in [-0.4, -0.2) is 50.5 Å². The van der Waals surface area contributed by atoms with Gasteiger partial charge in [-0.15, -0.1) is 0 Å². The van der Waals surface area contributed by atoms with Gasteiger partial charge >= 0.3 is 0 Å². The second-order valence-electron chi connectivity index (χ2n) is 8.89.